The minimum absolute atomic E-state index is 0. The second-order valence-corrected chi connectivity index (χ2v) is 18.8. The Bertz CT molecular complexity index is 695. The number of unbranched alkanes of at least 4 members (excludes halogenated alkanes) is 11. The van der Waals surface area contributed by atoms with E-state index >= 15 is 0 Å². The van der Waals surface area contributed by atoms with Crippen LogP contribution in [0.25, 0.3) is 0 Å². The number of hydrogen-bond donors (Lipinski definition) is 0. The normalized spacial score (nSPS) is 33.7. The van der Waals surface area contributed by atoms with Crippen molar-refractivity contribution in [3.05, 3.63) is 0 Å². The van der Waals surface area contributed by atoms with E-state index in [2.05, 4.69) is 69.2 Å². The van der Waals surface area contributed by atoms with Crippen LogP contribution < -0.4 is 17.0 Å². The first-order valence-electron chi connectivity index (χ1n) is 21.4. The Morgan fingerprint density at radius 3 is 1.00 bits per heavy atom. The van der Waals surface area contributed by atoms with Crippen molar-refractivity contribution in [2.45, 2.75) is 222 Å². The Balaban J connectivity index is 0.00000736. The Morgan fingerprint density at radius 1 is 0.435 bits per heavy atom. The van der Waals surface area contributed by atoms with Crippen LogP contribution in [0.2, 0.25) is 0 Å². The van der Waals surface area contributed by atoms with Gasteiger partial charge in [0.2, 0.25) is 0 Å². The summed E-state index contributed by atoms with van der Waals surface area (Å²) >= 11 is 0. The second kappa shape index (κ2) is 21.6. The first-order valence-corrected chi connectivity index (χ1v) is 21.4. The molecule has 0 N–H and O–H groups in total. The van der Waals surface area contributed by atoms with Gasteiger partial charge in [-0.2, -0.15) is 0 Å². The fraction of sp³-hybridized carbons (Fsp3) is 1.00. The highest BCUT2D eigenvalue weighted by molar-refractivity contribution is 4.94. The van der Waals surface area contributed by atoms with Gasteiger partial charge in [-0.05, 0) is 86.9 Å². The first kappa shape index (κ1) is 42.6. The minimum atomic E-state index is 0. The molecule has 1 nitrogen and oxygen atoms in total. The molecule has 3 saturated carbocycles. The van der Waals surface area contributed by atoms with Gasteiger partial charge < -0.3 is 21.5 Å². The van der Waals surface area contributed by atoms with E-state index in [4.69, 9.17) is 0 Å². The molecule has 0 bridgehead atoms. The van der Waals surface area contributed by atoms with Crippen LogP contribution >= 0.6 is 0 Å². The number of quaternary nitrogens is 1. The van der Waals surface area contributed by atoms with E-state index in [0.717, 1.165) is 71.4 Å². The van der Waals surface area contributed by atoms with Crippen LogP contribution in [-0.2, 0) is 0 Å². The van der Waals surface area contributed by atoms with Gasteiger partial charge in [-0.3, -0.25) is 0 Å². The van der Waals surface area contributed by atoms with Gasteiger partial charge >= 0.3 is 0 Å². The van der Waals surface area contributed by atoms with Crippen molar-refractivity contribution < 1.29 is 21.5 Å². The minimum Gasteiger partial charge on any atom is -1.00 e. The van der Waals surface area contributed by atoms with Gasteiger partial charge in [0, 0.05) is 37.0 Å². The summed E-state index contributed by atoms with van der Waals surface area (Å²) in [5.74, 6) is 7.90. The smallest absolute Gasteiger partial charge is 0.0928 e. The zero-order valence-electron chi connectivity index (χ0n) is 33.3. The molecule has 2 heteroatoms. The van der Waals surface area contributed by atoms with E-state index in [-0.39, 0.29) is 17.0 Å². The third kappa shape index (κ3) is 11.8. The SMILES string of the molecule is CCCCCCCCCCCCCC[N+](C1CC(C)CCC1C(C)C)(C1CC(C)CCC1C(C)C)C1CC(C)CCC1C(C)C.[Br-]. The number of hydrogen-bond acceptors (Lipinski definition) is 0. The molecular weight excluding hydrogens is 622 g/mol. The maximum absolute atomic E-state index is 2.63. The molecular formula is C44H86BrN. The third-order valence-corrected chi connectivity index (χ3v) is 14.2. The highest BCUT2D eigenvalue weighted by Gasteiger charge is 2.59. The van der Waals surface area contributed by atoms with Crippen molar-refractivity contribution in [3.8, 4) is 0 Å². The van der Waals surface area contributed by atoms with E-state index in [1.807, 2.05) is 0 Å². The molecule has 0 aromatic carbocycles. The predicted octanol–water partition coefficient (Wildman–Crippen LogP) is 10.9. The van der Waals surface area contributed by atoms with Crippen LogP contribution in [0.4, 0.5) is 0 Å². The van der Waals surface area contributed by atoms with Crippen LogP contribution in [0.15, 0.2) is 0 Å². The van der Waals surface area contributed by atoms with E-state index < -0.39 is 0 Å². The van der Waals surface area contributed by atoms with Crippen LogP contribution in [0, 0.1) is 53.3 Å². The van der Waals surface area contributed by atoms with E-state index in [1.54, 1.807) is 4.48 Å². The Labute approximate surface area is 302 Å². The molecule has 3 fully saturated rings. The summed E-state index contributed by atoms with van der Waals surface area (Å²) in [6.45, 7) is 27.4. The lowest BCUT2D eigenvalue weighted by Gasteiger charge is -2.64. The second-order valence-electron chi connectivity index (χ2n) is 18.8. The van der Waals surface area contributed by atoms with Crippen molar-refractivity contribution in [3.63, 3.8) is 0 Å². The van der Waals surface area contributed by atoms with Gasteiger partial charge in [0.05, 0.1) is 24.7 Å². The molecule has 274 valence electrons. The maximum Gasteiger partial charge on any atom is 0.0928 e. The number of rotatable bonds is 19. The predicted molar refractivity (Wildman–Crippen MR) is 202 cm³/mol. The van der Waals surface area contributed by atoms with E-state index in [0.29, 0.717) is 0 Å². The van der Waals surface area contributed by atoms with Gasteiger partial charge in [-0.15, -0.1) is 0 Å². The molecule has 0 saturated heterocycles. The van der Waals surface area contributed by atoms with E-state index in [1.165, 1.54) is 141 Å². The summed E-state index contributed by atoms with van der Waals surface area (Å²) in [5, 5.41) is 0. The molecule has 0 radical (unpaired) electrons. The molecule has 9 unspecified atom stereocenters. The van der Waals surface area contributed by atoms with Crippen LogP contribution in [0.5, 0.6) is 0 Å². The quantitative estimate of drug-likeness (QED) is 0.0926. The van der Waals surface area contributed by atoms with Crippen LogP contribution in [0.1, 0.15) is 204 Å². The summed E-state index contributed by atoms with van der Waals surface area (Å²) < 4.78 is 1.56. The van der Waals surface area contributed by atoms with Gasteiger partial charge in [-0.25, -0.2) is 0 Å². The third-order valence-electron chi connectivity index (χ3n) is 14.2. The lowest BCUT2D eigenvalue weighted by atomic mass is 9.63. The van der Waals surface area contributed by atoms with Crippen LogP contribution in [-0.4, -0.2) is 29.2 Å². The molecule has 3 aliphatic carbocycles. The molecule has 0 aliphatic heterocycles. The maximum atomic E-state index is 2.63. The molecule has 0 aromatic rings. The summed E-state index contributed by atoms with van der Waals surface area (Å²) in [5.41, 5.74) is 0. The molecule has 0 aromatic heterocycles. The highest BCUT2D eigenvalue weighted by atomic mass is 79.9. The Morgan fingerprint density at radius 2 is 0.717 bits per heavy atom. The molecule has 9 atom stereocenters. The average molecular weight is 709 g/mol. The van der Waals surface area contributed by atoms with Gasteiger partial charge in [-0.1, -0.05) is 133 Å². The summed E-state index contributed by atoms with van der Waals surface area (Å²) in [4.78, 5) is 0. The van der Waals surface area contributed by atoms with E-state index in [9.17, 15) is 0 Å². The standard InChI is InChI=1S/C44H86N.BrH/c1-11-12-13-14-15-16-17-18-19-20-21-22-29-45(42-30-36(8)23-26-39(42)33(2)3,43-31-37(9)24-27-40(43)34(4)5)44-32-38(10)25-28-41(44)35(6)7;/h33-44H,11-32H2,1-10H3;1H/q+1;/p-1. The molecule has 3 aliphatic rings. The zero-order chi connectivity index (χ0) is 33.0. The largest absolute Gasteiger partial charge is 1.00 e. The van der Waals surface area contributed by atoms with Gasteiger partial charge in [0.15, 0.2) is 0 Å². The van der Waals surface area contributed by atoms with Crippen molar-refractivity contribution >= 4 is 0 Å². The Hall–Kier alpha value is 0.440. The first-order chi connectivity index (χ1) is 21.5. The van der Waals surface area contributed by atoms with Gasteiger partial charge in [0.25, 0.3) is 0 Å². The topological polar surface area (TPSA) is 0 Å². The summed E-state index contributed by atoms with van der Waals surface area (Å²) in [6.07, 6.45) is 31.0. The van der Waals surface area contributed by atoms with Crippen molar-refractivity contribution in [1.82, 2.24) is 0 Å². The zero-order valence-corrected chi connectivity index (χ0v) is 34.9. The summed E-state index contributed by atoms with van der Waals surface area (Å²) in [6, 6.07) is 2.65. The molecule has 3 rings (SSSR count). The van der Waals surface area contributed by atoms with Crippen molar-refractivity contribution in [1.29, 1.82) is 0 Å². The number of halogens is 1. The summed E-state index contributed by atoms with van der Waals surface area (Å²) in [7, 11) is 0. The fourth-order valence-corrected chi connectivity index (χ4v) is 11.6. The lowest BCUT2D eigenvalue weighted by Crippen LogP contribution is -3.00. The van der Waals surface area contributed by atoms with Crippen LogP contribution in [0.3, 0.4) is 0 Å². The molecule has 0 spiro atoms. The monoisotopic (exact) mass is 708 g/mol. The average Bonchev–Trinajstić information content (AvgIpc) is 2.99. The Kier molecular flexibility index (Phi) is 20.0. The number of nitrogens with zero attached hydrogens (tertiary/aromatic N) is 1. The van der Waals surface area contributed by atoms with Crippen molar-refractivity contribution in [2.75, 3.05) is 6.54 Å². The molecule has 46 heavy (non-hydrogen) atoms. The fourth-order valence-electron chi connectivity index (χ4n) is 11.6. The lowest BCUT2D eigenvalue weighted by molar-refractivity contribution is -1.01. The van der Waals surface area contributed by atoms with Crippen molar-refractivity contribution in [2.24, 2.45) is 53.3 Å². The molecule has 0 amide bonds. The highest BCUT2D eigenvalue weighted by Crippen LogP contribution is 2.53. The molecule has 0 heterocycles. The van der Waals surface area contributed by atoms with Gasteiger partial charge in [0.1, 0.15) is 0 Å².